The van der Waals surface area contributed by atoms with Crippen LogP contribution in [-0.2, 0) is 18.8 Å². The SMILES string of the molecule is CCCCP(=O)(O)CCC(O)NC(=O)OCOC(=O)C1CCCCC1. The van der Waals surface area contributed by atoms with E-state index in [0.29, 0.717) is 6.42 Å². The lowest BCUT2D eigenvalue weighted by atomic mass is 9.89. The third kappa shape index (κ3) is 9.82. The van der Waals surface area contributed by atoms with E-state index in [2.05, 4.69) is 10.1 Å². The van der Waals surface area contributed by atoms with Gasteiger partial charge in [-0.3, -0.25) is 14.7 Å². The van der Waals surface area contributed by atoms with Crippen molar-refractivity contribution >= 4 is 19.4 Å². The van der Waals surface area contributed by atoms with Crippen LogP contribution in [0.25, 0.3) is 0 Å². The van der Waals surface area contributed by atoms with Crippen molar-refractivity contribution in [2.45, 2.75) is 64.5 Å². The number of ether oxygens (including phenoxy) is 2. The van der Waals surface area contributed by atoms with Crippen LogP contribution < -0.4 is 5.32 Å². The molecule has 1 aliphatic rings. The summed E-state index contributed by atoms with van der Waals surface area (Å²) in [6, 6.07) is 0. The summed E-state index contributed by atoms with van der Waals surface area (Å²) >= 11 is 0. The molecule has 25 heavy (non-hydrogen) atoms. The number of rotatable bonds is 10. The fraction of sp³-hybridized carbons (Fsp3) is 0.875. The van der Waals surface area contributed by atoms with Gasteiger partial charge in [0, 0.05) is 18.7 Å². The molecule has 0 radical (unpaired) electrons. The van der Waals surface area contributed by atoms with Crippen molar-refractivity contribution in [1.29, 1.82) is 0 Å². The maximum Gasteiger partial charge on any atom is 0.412 e. The summed E-state index contributed by atoms with van der Waals surface area (Å²) in [4.78, 5) is 32.9. The predicted octanol–water partition coefficient (Wildman–Crippen LogP) is 2.57. The van der Waals surface area contributed by atoms with Crippen LogP contribution in [0.1, 0.15) is 58.3 Å². The van der Waals surface area contributed by atoms with E-state index < -0.39 is 26.5 Å². The van der Waals surface area contributed by atoms with Crippen molar-refractivity contribution < 1.29 is 33.6 Å². The van der Waals surface area contributed by atoms with Gasteiger partial charge in [-0.2, -0.15) is 0 Å². The molecule has 1 fully saturated rings. The van der Waals surface area contributed by atoms with Crippen LogP contribution in [0.3, 0.4) is 0 Å². The van der Waals surface area contributed by atoms with Gasteiger partial charge in [-0.25, -0.2) is 4.79 Å². The highest BCUT2D eigenvalue weighted by Gasteiger charge is 2.23. The zero-order valence-electron chi connectivity index (χ0n) is 14.8. The maximum absolute atomic E-state index is 11.8. The van der Waals surface area contributed by atoms with Crippen LogP contribution in [0.4, 0.5) is 4.79 Å². The van der Waals surface area contributed by atoms with E-state index in [0.717, 1.165) is 38.5 Å². The minimum atomic E-state index is -3.28. The van der Waals surface area contributed by atoms with Gasteiger partial charge in [0.15, 0.2) is 0 Å². The highest BCUT2D eigenvalue weighted by Crippen LogP contribution is 2.42. The minimum absolute atomic E-state index is 0.0472. The molecule has 0 saturated heterocycles. The van der Waals surface area contributed by atoms with Crippen LogP contribution in [0.2, 0.25) is 0 Å². The van der Waals surface area contributed by atoms with Crippen molar-refractivity contribution in [2.75, 3.05) is 19.1 Å². The Labute approximate surface area is 148 Å². The smallest absolute Gasteiger partial charge is 0.412 e. The van der Waals surface area contributed by atoms with Gasteiger partial charge in [-0.05, 0) is 19.3 Å². The molecule has 2 unspecified atom stereocenters. The molecule has 3 N–H and O–H groups in total. The lowest BCUT2D eigenvalue weighted by Crippen LogP contribution is -2.36. The van der Waals surface area contributed by atoms with E-state index in [1.807, 2.05) is 6.92 Å². The van der Waals surface area contributed by atoms with Crippen molar-refractivity contribution in [2.24, 2.45) is 5.92 Å². The largest absolute Gasteiger partial charge is 0.428 e. The number of alkyl carbamates (subject to hydrolysis) is 1. The first kappa shape index (κ1) is 21.9. The summed E-state index contributed by atoms with van der Waals surface area (Å²) in [7, 11) is -3.28. The number of aliphatic hydroxyl groups excluding tert-OH is 1. The second-order valence-electron chi connectivity index (χ2n) is 6.44. The molecule has 0 heterocycles. The lowest BCUT2D eigenvalue weighted by molar-refractivity contribution is -0.158. The van der Waals surface area contributed by atoms with Crippen molar-refractivity contribution in [3.8, 4) is 0 Å². The van der Waals surface area contributed by atoms with Gasteiger partial charge in [0.25, 0.3) is 0 Å². The predicted molar refractivity (Wildman–Crippen MR) is 92.2 cm³/mol. The van der Waals surface area contributed by atoms with Gasteiger partial charge in [0.2, 0.25) is 14.2 Å². The molecule has 0 aromatic heterocycles. The summed E-state index contributed by atoms with van der Waals surface area (Å²) in [6.45, 7) is 1.41. The van der Waals surface area contributed by atoms with Crippen LogP contribution >= 0.6 is 7.37 Å². The first-order valence-electron chi connectivity index (χ1n) is 8.93. The van der Waals surface area contributed by atoms with E-state index in [-0.39, 0.29) is 30.6 Å². The average molecular weight is 379 g/mol. The Hall–Kier alpha value is -1.11. The van der Waals surface area contributed by atoms with Crippen molar-refractivity contribution in [1.82, 2.24) is 5.32 Å². The number of amides is 1. The number of esters is 1. The van der Waals surface area contributed by atoms with Crippen molar-refractivity contribution in [3.05, 3.63) is 0 Å². The molecule has 1 aliphatic carbocycles. The minimum Gasteiger partial charge on any atom is -0.428 e. The Morgan fingerprint density at radius 1 is 1.20 bits per heavy atom. The first-order valence-corrected chi connectivity index (χ1v) is 11.0. The molecule has 0 aromatic rings. The Bertz CT molecular complexity index is 465. The Morgan fingerprint density at radius 3 is 2.52 bits per heavy atom. The van der Waals surface area contributed by atoms with E-state index in [1.54, 1.807) is 0 Å². The van der Waals surface area contributed by atoms with Crippen LogP contribution in [-0.4, -0.2) is 47.4 Å². The highest BCUT2D eigenvalue weighted by atomic mass is 31.2. The molecule has 0 spiro atoms. The van der Waals surface area contributed by atoms with E-state index in [1.165, 1.54) is 0 Å². The fourth-order valence-electron chi connectivity index (χ4n) is 2.69. The number of carbonyl (C=O) groups excluding carboxylic acids is 2. The molecular weight excluding hydrogens is 349 g/mol. The Balaban J connectivity index is 2.16. The quantitative estimate of drug-likeness (QED) is 0.303. The zero-order chi connectivity index (χ0) is 18.7. The Kier molecular flexibility index (Phi) is 10.1. The summed E-state index contributed by atoms with van der Waals surface area (Å²) in [5.74, 6) is -0.502. The third-order valence-electron chi connectivity index (χ3n) is 4.23. The van der Waals surface area contributed by atoms with Crippen LogP contribution in [0.5, 0.6) is 0 Å². The number of carbonyl (C=O) groups is 2. The van der Waals surface area contributed by atoms with E-state index in [9.17, 15) is 24.2 Å². The standard InChI is InChI=1S/C16H30NO7P/c1-2-3-10-25(21,22)11-9-14(18)17-16(20)24-12-23-15(19)13-7-5-4-6-8-13/h13-14,18H,2-12H2,1H3,(H,17,20)(H,21,22). The monoisotopic (exact) mass is 379 g/mol. The molecule has 0 aliphatic heterocycles. The number of hydrogen-bond donors (Lipinski definition) is 3. The number of hydrogen-bond acceptors (Lipinski definition) is 6. The maximum atomic E-state index is 11.8. The van der Waals surface area contributed by atoms with E-state index >= 15 is 0 Å². The van der Waals surface area contributed by atoms with Gasteiger partial charge < -0.3 is 19.5 Å². The normalized spacial score (nSPS) is 18.8. The Morgan fingerprint density at radius 2 is 1.88 bits per heavy atom. The van der Waals surface area contributed by atoms with Crippen LogP contribution in [0.15, 0.2) is 0 Å². The topological polar surface area (TPSA) is 122 Å². The molecule has 0 bridgehead atoms. The number of unbranched alkanes of at least 4 members (excludes halogenated alkanes) is 1. The number of aliphatic hydroxyl groups is 1. The molecule has 1 saturated carbocycles. The van der Waals surface area contributed by atoms with Gasteiger partial charge in [0.05, 0.1) is 5.92 Å². The van der Waals surface area contributed by atoms with E-state index in [4.69, 9.17) is 4.74 Å². The third-order valence-corrected chi connectivity index (χ3v) is 6.20. The van der Waals surface area contributed by atoms with Crippen molar-refractivity contribution in [3.63, 3.8) is 0 Å². The molecular formula is C16H30NO7P. The zero-order valence-corrected chi connectivity index (χ0v) is 15.7. The fourth-order valence-corrected chi connectivity index (χ4v) is 4.37. The molecule has 146 valence electrons. The van der Waals surface area contributed by atoms with Gasteiger partial charge in [-0.15, -0.1) is 0 Å². The summed E-state index contributed by atoms with van der Waals surface area (Å²) in [5, 5.41) is 11.8. The molecule has 8 nitrogen and oxygen atoms in total. The molecule has 9 heteroatoms. The molecule has 1 rings (SSSR count). The molecule has 1 amide bonds. The summed E-state index contributed by atoms with van der Waals surface area (Å²) in [5.41, 5.74) is 0. The molecule has 2 atom stereocenters. The van der Waals surface area contributed by atoms with Gasteiger partial charge in [0.1, 0.15) is 6.23 Å². The summed E-state index contributed by atoms with van der Waals surface area (Å²) in [6.07, 6.45) is 4.03. The van der Waals surface area contributed by atoms with Gasteiger partial charge in [-0.1, -0.05) is 32.6 Å². The molecule has 0 aromatic carbocycles. The van der Waals surface area contributed by atoms with Crippen LogP contribution in [0, 0.1) is 5.92 Å². The second kappa shape index (κ2) is 11.5. The summed E-state index contributed by atoms with van der Waals surface area (Å²) < 4.78 is 21.4. The lowest BCUT2D eigenvalue weighted by Gasteiger charge is -2.20. The first-order chi connectivity index (χ1) is 11.8. The highest BCUT2D eigenvalue weighted by molar-refractivity contribution is 7.57. The average Bonchev–Trinajstić information content (AvgIpc) is 2.59. The second-order valence-corrected chi connectivity index (χ2v) is 9.03. The van der Waals surface area contributed by atoms with Gasteiger partial charge >= 0.3 is 12.1 Å². The number of nitrogens with one attached hydrogen (secondary N) is 1.